The number of carboxylic acid groups (broad SMARTS) is 1. The number of Topliss-reactive ketones (excluding diaryl/α,β-unsaturated/α-hetero) is 1. The van der Waals surface area contributed by atoms with Gasteiger partial charge in [0, 0.05) is 18.9 Å². The number of para-hydroxylation sites is 1. The Kier molecular flexibility index (Phi) is 3.19. The Hall–Kier alpha value is -2.70. The number of ketones is 1. The van der Waals surface area contributed by atoms with Gasteiger partial charge in [0.1, 0.15) is 18.3 Å². The number of aliphatic carboxylic acids is 1. The van der Waals surface area contributed by atoms with E-state index in [9.17, 15) is 19.5 Å². The summed E-state index contributed by atoms with van der Waals surface area (Å²) in [6.07, 6.45) is 0.889. The summed E-state index contributed by atoms with van der Waals surface area (Å²) in [4.78, 5) is 37.3. The van der Waals surface area contributed by atoms with Crippen LogP contribution in [0.25, 0.3) is 10.9 Å². The Labute approximate surface area is 137 Å². The molecule has 24 heavy (non-hydrogen) atoms. The van der Waals surface area contributed by atoms with Gasteiger partial charge in [-0.25, -0.2) is 4.79 Å². The van der Waals surface area contributed by atoms with Gasteiger partial charge < -0.3 is 10.0 Å². The average molecular weight is 327 g/mol. The van der Waals surface area contributed by atoms with Gasteiger partial charge in [-0.2, -0.15) is 5.10 Å². The van der Waals surface area contributed by atoms with Gasteiger partial charge >= 0.3 is 5.97 Å². The Morgan fingerprint density at radius 1 is 1.29 bits per heavy atom. The second-order valence-electron chi connectivity index (χ2n) is 6.57. The molecule has 0 bridgehead atoms. The molecule has 124 valence electrons. The lowest BCUT2D eigenvalue weighted by atomic mass is 10.1. The van der Waals surface area contributed by atoms with Gasteiger partial charge in [0.15, 0.2) is 5.78 Å². The number of carbonyl (C=O) groups is 3. The molecule has 2 heterocycles. The third kappa shape index (κ3) is 2.19. The maximum Gasteiger partial charge on any atom is 0.326 e. The zero-order valence-electron chi connectivity index (χ0n) is 13.2. The van der Waals surface area contributed by atoms with E-state index in [1.807, 2.05) is 12.1 Å². The van der Waals surface area contributed by atoms with E-state index in [4.69, 9.17) is 0 Å². The Bertz CT molecular complexity index is 872. The first-order valence-electron chi connectivity index (χ1n) is 7.96. The predicted molar refractivity (Wildman–Crippen MR) is 84.5 cm³/mol. The molecule has 0 radical (unpaired) electrons. The van der Waals surface area contributed by atoms with Crippen molar-refractivity contribution in [1.82, 2.24) is 14.7 Å². The van der Waals surface area contributed by atoms with Crippen LogP contribution in [0.3, 0.4) is 0 Å². The number of likely N-dealkylation sites (tertiary alicyclic amines) is 1. The fraction of sp³-hybridized carbons (Fsp3) is 0.412. The van der Waals surface area contributed by atoms with Crippen LogP contribution in [-0.2, 0) is 16.1 Å². The molecule has 0 spiro atoms. The molecule has 1 amide bonds. The maximum absolute atomic E-state index is 12.6. The van der Waals surface area contributed by atoms with E-state index in [1.165, 1.54) is 16.5 Å². The molecule has 1 saturated carbocycles. The van der Waals surface area contributed by atoms with Crippen molar-refractivity contribution in [2.75, 3.05) is 6.54 Å². The van der Waals surface area contributed by atoms with Crippen LogP contribution >= 0.6 is 0 Å². The van der Waals surface area contributed by atoms with Gasteiger partial charge in [0.25, 0.3) is 0 Å². The van der Waals surface area contributed by atoms with Crippen molar-refractivity contribution >= 4 is 28.6 Å². The molecule has 1 aliphatic carbocycles. The van der Waals surface area contributed by atoms with Crippen LogP contribution in [0.5, 0.6) is 0 Å². The lowest BCUT2D eigenvalue weighted by molar-refractivity contribution is -0.149. The van der Waals surface area contributed by atoms with Crippen molar-refractivity contribution in [3.63, 3.8) is 0 Å². The number of hydrogen-bond donors (Lipinski definition) is 1. The highest BCUT2D eigenvalue weighted by molar-refractivity contribution is 6.05. The number of aromatic nitrogens is 2. The maximum atomic E-state index is 12.6. The minimum absolute atomic E-state index is 0.0585. The standard InChI is InChI=1S/C17H17N3O4/c1-9(21)15-11-4-2-3-5-13(11)20(18-15)8-14(22)19-7-10-6-12(10)16(19)17(23)24/h2-5,10,12,16H,6-8H2,1H3,(H,23,24)/t10-,12-,16+/m1/s1. The highest BCUT2D eigenvalue weighted by Gasteiger charge is 2.57. The number of carbonyl (C=O) groups excluding carboxylic acids is 2. The molecule has 1 aromatic carbocycles. The van der Waals surface area contributed by atoms with Crippen molar-refractivity contribution in [2.45, 2.75) is 25.9 Å². The zero-order chi connectivity index (χ0) is 17.0. The summed E-state index contributed by atoms with van der Waals surface area (Å²) in [6, 6.07) is 6.51. The monoisotopic (exact) mass is 327 g/mol. The number of amides is 1. The van der Waals surface area contributed by atoms with E-state index < -0.39 is 12.0 Å². The first-order chi connectivity index (χ1) is 11.5. The molecule has 0 unspecified atom stereocenters. The van der Waals surface area contributed by atoms with Crippen LogP contribution in [-0.4, -0.2) is 50.0 Å². The van der Waals surface area contributed by atoms with Crippen molar-refractivity contribution in [2.24, 2.45) is 11.8 Å². The molecule has 2 aliphatic rings. The highest BCUT2D eigenvalue weighted by atomic mass is 16.4. The summed E-state index contributed by atoms with van der Waals surface area (Å²) in [6.45, 7) is 1.88. The molecule has 7 heteroatoms. The smallest absolute Gasteiger partial charge is 0.326 e. The van der Waals surface area contributed by atoms with Gasteiger partial charge in [-0.1, -0.05) is 18.2 Å². The molecular formula is C17H17N3O4. The van der Waals surface area contributed by atoms with Crippen molar-refractivity contribution < 1.29 is 19.5 Å². The van der Waals surface area contributed by atoms with Crippen LogP contribution in [0.15, 0.2) is 24.3 Å². The Morgan fingerprint density at radius 2 is 2.04 bits per heavy atom. The van der Waals surface area contributed by atoms with Gasteiger partial charge in [0.05, 0.1) is 5.52 Å². The third-order valence-electron chi connectivity index (χ3n) is 5.00. The van der Waals surface area contributed by atoms with Crippen molar-refractivity contribution in [3.05, 3.63) is 30.0 Å². The number of piperidine rings is 1. The molecular weight excluding hydrogens is 310 g/mol. The van der Waals surface area contributed by atoms with Gasteiger partial charge in [0.2, 0.25) is 5.91 Å². The summed E-state index contributed by atoms with van der Waals surface area (Å²) in [5.41, 5.74) is 1.03. The summed E-state index contributed by atoms with van der Waals surface area (Å²) in [7, 11) is 0. The summed E-state index contributed by atoms with van der Waals surface area (Å²) < 4.78 is 1.50. The number of hydrogen-bond acceptors (Lipinski definition) is 4. The van der Waals surface area contributed by atoms with E-state index in [0.717, 1.165) is 6.42 Å². The van der Waals surface area contributed by atoms with Crippen LogP contribution in [0.4, 0.5) is 0 Å². The Morgan fingerprint density at radius 3 is 2.75 bits per heavy atom. The van der Waals surface area contributed by atoms with Crippen LogP contribution < -0.4 is 0 Å². The average Bonchev–Trinajstić information content (AvgIpc) is 3.04. The predicted octanol–water partition coefficient (Wildman–Crippen LogP) is 1.17. The summed E-state index contributed by atoms with van der Waals surface area (Å²) >= 11 is 0. The summed E-state index contributed by atoms with van der Waals surface area (Å²) in [5, 5.41) is 14.4. The molecule has 1 aliphatic heterocycles. The molecule has 1 aromatic heterocycles. The second-order valence-corrected chi connectivity index (χ2v) is 6.57. The molecule has 1 N–H and O–H groups in total. The first kappa shape index (κ1) is 14.9. The van der Waals surface area contributed by atoms with E-state index in [1.54, 1.807) is 12.1 Å². The number of nitrogens with zero attached hydrogens (tertiary/aromatic N) is 3. The zero-order valence-corrected chi connectivity index (χ0v) is 13.2. The molecule has 2 fully saturated rings. The minimum Gasteiger partial charge on any atom is -0.480 e. The quantitative estimate of drug-likeness (QED) is 0.851. The number of benzene rings is 1. The highest BCUT2D eigenvalue weighted by Crippen LogP contribution is 2.49. The third-order valence-corrected chi connectivity index (χ3v) is 5.00. The topological polar surface area (TPSA) is 92.5 Å². The van der Waals surface area contributed by atoms with E-state index in [-0.39, 0.29) is 24.2 Å². The molecule has 1 saturated heterocycles. The van der Waals surface area contributed by atoms with Gasteiger partial charge in [-0.05, 0) is 24.3 Å². The molecule has 3 atom stereocenters. The van der Waals surface area contributed by atoms with Crippen LogP contribution in [0.1, 0.15) is 23.8 Å². The minimum atomic E-state index is -0.942. The largest absolute Gasteiger partial charge is 0.480 e. The van der Waals surface area contributed by atoms with Crippen LogP contribution in [0, 0.1) is 11.8 Å². The normalized spacial score (nSPS) is 24.9. The second kappa shape index (κ2) is 5.15. The van der Waals surface area contributed by atoms with E-state index in [2.05, 4.69) is 5.10 Å². The molecule has 7 nitrogen and oxygen atoms in total. The molecule has 4 rings (SSSR count). The summed E-state index contributed by atoms with van der Waals surface area (Å²) in [5.74, 6) is -0.963. The lowest BCUT2D eigenvalue weighted by Gasteiger charge is -2.24. The fourth-order valence-corrected chi connectivity index (χ4v) is 3.77. The van der Waals surface area contributed by atoms with E-state index >= 15 is 0 Å². The number of rotatable bonds is 4. The van der Waals surface area contributed by atoms with Gasteiger partial charge in [-0.15, -0.1) is 0 Å². The SMILES string of the molecule is CC(=O)c1nn(CC(=O)N2C[C@H]3C[C@H]3[C@H]2C(=O)O)c2ccccc12. The first-order valence-corrected chi connectivity index (χ1v) is 7.96. The van der Waals surface area contributed by atoms with Crippen molar-refractivity contribution in [3.8, 4) is 0 Å². The van der Waals surface area contributed by atoms with E-state index in [0.29, 0.717) is 29.1 Å². The lowest BCUT2D eigenvalue weighted by Crippen LogP contribution is -2.44. The fourth-order valence-electron chi connectivity index (χ4n) is 3.77. The van der Waals surface area contributed by atoms with Gasteiger partial charge in [-0.3, -0.25) is 14.3 Å². The number of fused-ring (bicyclic) bond motifs is 2. The Balaban J connectivity index is 1.64. The number of carboxylic acids is 1. The van der Waals surface area contributed by atoms with Crippen molar-refractivity contribution in [1.29, 1.82) is 0 Å². The molecule has 2 aromatic rings. The van der Waals surface area contributed by atoms with Crippen LogP contribution in [0.2, 0.25) is 0 Å².